The summed E-state index contributed by atoms with van der Waals surface area (Å²) >= 11 is 0. The van der Waals surface area contributed by atoms with Gasteiger partial charge in [-0.05, 0) is 68.6 Å². The Labute approximate surface area is 179 Å². The molecule has 1 spiro atoms. The van der Waals surface area contributed by atoms with Crippen molar-refractivity contribution in [1.29, 1.82) is 5.26 Å². The molecule has 1 N–H and O–H groups in total. The van der Waals surface area contributed by atoms with Crippen molar-refractivity contribution in [1.82, 2.24) is 14.5 Å². The molecular formula is C22H32N4O3S. The molecule has 4 aliphatic carbocycles. The molecule has 0 aromatic heterocycles. The van der Waals surface area contributed by atoms with Crippen molar-refractivity contribution in [2.24, 2.45) is 17.3 Å². The van der Waals surface area contributed by atoms with Crippen molar-refractivity contribution in [3.8, 4) is 6.07 Å². The maximum atomic E-state index is 12.8. The van der Waals surface area contributed by atoms with Crippen LogP contribution in [-0.4, -0.2) is 67.0 Å². The summed E-state index contributed by atoms with van der Waals surface area (Å²) < 4.78 is 26.8. The van der Waals surface area contributed by atoms with Gasteiger partial charge in [0, 0.05) is 19.1 Å². The summed E-state index contributed by atoms with van der Waals surface area (Å²) in [5, 5.41) is 12.9. The average Bonchev–Trinajstić information content (AvgIpc) is 3.35. The number of rotatable bonds is 5. The van der Waals surface area contributed by atoms with Crippen molar-refractivity contribution in [2.75, 3.05) is 26.4 Å². The fourth-order valence-electron chi connectivity index (χ4n) is 8.39. The summed E-state index contributed by atoms with van der Waals surface area (Å²) in [6.07, 6.45) is 8.66. The van der Waals surface area contributed by atoms with Gasteiger partial charge in [0.1, 0.15) is 6.04 Å². The second-order valence-corrected chi connectivity index (χ2v) is 12.6. The minimum absolute atomic E-state index is 0.0184. The summed E-state index contributed by atoms with van der Waals surface area (Å²) in [4.78, 5) is 14.6. The molecule has 7 nitrogen and oxygen atoms in total. The van der Waals surface area contributed by atoms with Crippen molar-refractivity contribution >= 4 is 15.9 Å². The molecule has 164 valence electrons. The second kappa shape index (κ2) is 6.30. The average molecular weight is 433 g/mol. The van der Waals surface area contributed by atoms with E-state index in [0.29, 0.717) is 18.4 Å². The van der Waals surface area contributed by atoms with E-state index in [1.54, 1.807) is 16.3 Å². The first-order valence-electron chi connectivity index (χ1n) is 11.1. The number of sulfonamides is 1. The Hall–Kier alpha value is -1.43. The standard InChI is InChI=1S/C22H32N4O3S/c1-15-7-17-11-20(24-13-19(27)26-6-4-5-18(26)12-23)8-16-9-21(17,14-20)22(15,10-16)25(2)30(3,28)29/h16-18,24H,1,4-11,13-14H2,2-3H3. The summed E-state index contributed by atoms with van der Waals surface area (Å²) in [6, 6.07) is 1.96. The van der Waals surface area contributed by atoms with Gasteiger partial charge in [-0.3, -0.25) is 4.79 Å². The van der Waals surface area contributed by atoms with Gasteiger partial charge in [0.25, 0.3) is 0 Å². The highest BCUT2D eigenvalue weighted by Gasteiger charge is 2.76. The lowest BCUT2D eigenvalue weighted by atomic mass is 9.67. The molecule has 0 radical (unpaired) electrons. The molecule has 0 aromatic rings. The van der Waals surface area contributed by atoms with E-state index in [-0.39, 0.29) is 29.4 Å². The number of nitrogens with zero attached hydrogens (tertiary/aromatic N) is 3. The lowest BCUT2D eigenvalue weighted by Crippen LogP contribution is -2.57. The third-order valence-corrected chi connectivity index (χ3v) is 10.6. The molecule has 5 fully saturated rings. The Balaban J connectivity index is 1.40. The van der Waals surface area contributed by atoms with Crippen LogP contribution in [-0.2, 0) is 14.8 Å². The van der Waals surface area contributed by atoms with Crippen LogP contribution in [0, 0.1) is 28.6 Å². The van der Waals surface area contributed by atoms with Gasteiger partial charge in [-0.2, -0.15) is 9.57 Å². The van der Waals surface area contributed by atoms with Gasteiger partial charge in [0.15, 0.2) is 0 Å². The summed E-state index contributed by atoms with van der Waals surface area (Å²) in [7, 11) is -1.60. The molecule has 30 heavy (non-hydrogen) atoms. The summed E-state index contributed by atoms with van der Waals surface area (Å²) in [6.45, 7) is 5.32. The third-order valence-electron chi connectivity index (χ3n) is 9.26. The van der Waals surface area contributed by atoms with Gasteiger partial charge in [-0.1, -0.05) is 12.2 Å². The van der Waals surface area contributed by atoms with E-state index in [1.165, 1.54) is 6.26 Å². The van der Waals surface area contributed by atoms with E-state index in [4.69, 9.17) is 0 Å². The lowest BCUT2D eigenvalue weighted by Gasteiger charge is -2.48. The van der Waals surface area contributed by atoms with Gasteiger partial charge < -0.3 is 10.2 Å². The van der Waals surface area contributed by atoms with Crippen LogP contribution in [0.25, 0.3) is 0 Å². The number of hydrogen-bond acceptors (Lipinski definition) is 5. The highest BCUT2D eigenvalue weighted by atomic mass is 32.2. The van der Waals surface area contributed by atoms with E-state index in [2.05, 4.69) is 18.0 Å². The van der Waals surface area contributed by atoms with Crippen LogP contribution < -0.4 is 5.32 Å². The van der Waals surface area contributed by atoms with Crippen LogP contribution >= 0.6 is 0 Å². The first-order chi connectivity index (χ1) is 14.1. The maximum Gasteiger partial charge on any atom is 0.237 e. The Bertz CT molecular complexity index is 958. The number of amides is 1. The molecule has 1 saturated heterocycles. The predicted molar refractivity (Wildman–Crippen MR) is 113 cm³/mol. The molecule has 6 atom stereocenters. The number of fused-ring (bicyclic) bond motifs is 2. The van der Waals surface area contributed by atoms with Crippen LogP contribution in [0.3, 0.4) is 0 Å². The van der Waals surface area contributed by atoms with Gasteiger partial charge >= 0.3 is 0 Å². The monoisotopic (exact) mass is 432 g/mol. The minimum Gasteiger partial charge on any atom is -0.326 e. The summed E-state index contributed by atoms with van der Waals surface area (Å²) in [5.41, 5.74) is 0.444. The molecule has 3 bridgehead atoms. The molecule has 6 unspecified atom stereocenters. The Morgan fingerprint density at radius 1 is 1.37 bits per heavy atom. The van der Waals surface area contributed by atoms with E-state index in [1.807, 2.05) is 0 Å². The SMILES string of the molecule is C=C1CC2CC3(NCC(=O)N4CCCC4C#N)CC4CC2(C3)C1(N(C)S(C)(=O)=O)C4. The number of likely N-dealkylation sites (N-methyl/N-ethyl adjacent to an activating group) is 1. The number of hydrogen-bond donors (Lipinski definition) is 1. The number of carbonyl (C=O) groups excluding carboxylic acids is 1. The summed E-state index contributed by atoms with van der Waals surface area (Å²) in [5.74, 6) is 0.888. The van der Waals surface area contributed by atoms with E-state index in [0.717, 1.165) is 56.9 Å². The van der Waals surface area contributed by atoms with Crippen LogP contribution in [0.1, 0.15) is 51.4 Å². The molecule has 4 saturated carbocycles. The lowest BCUT2D eigenvalue weighted by molar-refractivity contribution is -0.130. The largest absolute Gasteiger partial charge is 0.326 e. The number of carbonyl (C=O) groups is 1. The van der Waals surface area contributed by atoms with Gasteiger partial charge in [0.05, 0.1) is 24.4 Å². The van der Waals surface area contributed by atoms with Crippen molar-refractivity contribution < 1.29 is 13.2 Å². The predicted octanol–water partition coefficient (Wildman–Crippen LogP) is 1.63. The number of nitrogens with one attached hydrogen (secondary N) is 1. The van der Waals surface area contributed by atoms with Crippen molar-refractivity contribution in [3.05, 3.63) is 12.2 Å². The first kappa shape index (κ1) is 20.5. The molecule has 8 heteroatoms. The van der Waals surface area contributed by atoms with Crippen molar-refractivity contribution in [2.45, 2.75) is 68.5 Å². The number of likely N-dealkylation sites (tertiary alicyclic amines) is 1. The van der Waals surface area contributed by atoms with E-state index in [9.17, 15) is 18.5 Å². The smallest absolute Gasteiger partial charge is 0.237 e. The number of nitriles is 1. The highest BCUT2D eigenvalue weighted by Crippen LogP contribution is 2.77. The molecule has 1 heterocycles. The quantitative estimate of drug-likeness (QED) is 0.667. The van der Waals surface area contributed by atoms with Crippen LogP contribution in [0.4, 0.5) is 0 Å². The molecule has 5 aliphatic rings. The Kier molecular flexibility index (Phi) is 4.30. The van der Waals surface area contributed by atoms with Crippen LogP contribution in [0.5, 0.6) is 0 Å². The maximum absolute atomic E-state index is 12.8. The molecule has 1 amide bonds. The normalized spacial score (nSPS) is 44.1. The third kappa shape index (κ3) is 2.49. The highest BCUT2D eigenvalue weighted by molar-refractivity contribution is 7.88. The zero-order valence-corrected chi connectivity index (χ0v) is 18.8. The zero-order valence-electron chi connectivity index (χ0n) is 18.0. The topological polar surface area (TPSA) is 93.5 Å². The van der Waals surface area contributed by atoms with Gasteiger partial charge in [0.2, 0.25) is 15.9 Å². The van der Waals surface area contributed by atoms with Gasteiger partial charge in [-0.25, -0.2) is 8.42 Å². The molecule has 1 aliphatic heterocycles. The zero-order chi connectivity index (χ0) is 21.5. The Morgan fingerprint density at radius 2 is 2.13 bits per heavy atom. The van der Waals surface area contributed by atoms with Crippen molar-refractivity contribution in [3.63, 3.8) is 0 Å². The Morgan fingerprint density at radius 3 is 2.83 bits per heavy atom. The van der Waals surface area contributed by atoms with E-state index >= 15 is 0 Å². The van der Waals surface area contributed by atoms with Crippen LogP contribution in [0.2, 0.25) is 0 Å². The first-order valence-corrected chi connectivity index (χ1v) is 13.0. The van der Waals surface area contributed by atoms with Crippen LogP contribution in [0.15, 0.2) is 12.2 Å². The fraction of sp³-hybridized carbons (Fsp3) is 0.818. The fourth-order valence-corrected chi connectivity index (χ4v) is 9.34. The molecule has 0 aromatic carbocycles. The second-order valence-electron chi connectivity index (χ2n) is 10.6. The van der Waals surface area contributed by atoms with E-state index < -0.39 is 15.6 Å². The minimum atomic E-state index is -3.34. The molecular weight excluding hydrogens is 400 g/mol. The van der Waals surface area contributed by atoms with Gasteiger partial charge in [-0.15, -0.1) is 0 Å². The molecule has 5 rings (SSSR count).